The van der Waals surface area contributed by atoms with Crippen LogP contribution in [-0.4, -0.2) is 40.7 Å². The molecule has 2 rings (SSSR count). The summed E-state index contributed by atoms with van der Waals surface area (Å²) in [4.78, 5) is 26.7. The highest BCUT2D eigenvalue weighted by molar-refractivity contribution is 8.01. The van der Waals surface area contributed by atoms with Gasteiger partial charge in [-0.2, -0.15) is 0 Å². The molecule has 24 heavy (non-hydrogen) atoms. The maximum atomic E-state index is 12.6. The summed E-state index contributed by atoms with van der Waals surface area (Å²) in [6, 6.07) is 0. The third kappa shape index (κ3) is 5.24. The summed E-state index contributed by atoms with van der Waals surface area (Å²) in [6.45, 7) is 14.6. The smallest absolute Gasteiger partial charge is 0.243 e. The molecule has 0 aromatic heterocycles. The van der Waals surface area contributed by atoms with Crippen LogP contribution < -0.4 is 0 Å². The van der Waals surface area contributed by atoms with Crippen LogP contribution in [0.3, 0.4) is 0 Å². The van der Waals surface area contributed by atoms with E-state index in [-0.39, 0.29) is 17.1 Å². The fourth-order valence-corrected chi connectivity index (χ4v) is 5.05. The standard InChI is InChI=1S/C20H35NO2S/c1-19(2,3)13-24-17-16(22)12-21(18(17)23)11-14-7-9-15(10-8-14)20(4,5)6/h14-15,17H,7-13H2,1-6H3. The molecule has 0 aromatic carbocycles. The molecule has 0 N–H and O–H groups in total. The molecule has 0 radical (unpaired) electrons. The molecule has 4 heteroatoms. The maximum absolute atomic E-state index is 12.6. The lowest BCUT2D eigenvalue weighted by Gasteiger charge is -2.37. The summed E-state index contributed by atoms with van der Waals surface area (Å²) in [5.74, 6) is 2.39. The predicted molar refractivity (Wildman–Crippen MR) is 102 cm³/mol. The van der Waals surface area contributed by atoms with Gasteiger partial charge in [0.05, 0.1) is 6.54 Å². The number of ketones is 1. The minimum atomic E-state index is -0.449. The third-order valence-corrected chi connectivity index (χ3v) is 7.24. The van der Waals surface area contributed by atoms with Gasteiger partial charge in [0.25, 0.3) is 0 Å². The zero-order valence-electron chi connectivity index (χ0n) is 16.4. The van der Waals surface area contributed by atoms with Crippen LogP contribution in [0.1, 0.15) is 67.2 Å². The van der Waals surface area contributed by atoms with Crippen molar-refractivity contribution in [1.82, 2.24) is 4.90 Å². The monoisotopic (exact) mass is 353 g/mol. The van der Waals surface area contributed by atoms with Crippen LogP contribution in [0.25, 0.3) is 0 Å². The van der Waals surface area contributed by atoms with Gasteiger partial charge in [0.1, 0.15) is 5.25 Å². The zero-order valence-corrected chi connectivity index (χ0v) is 17.2. The topological polar surface area (TPSA) is 37.4 Å². The number of thioether (sulfide) groups is 1. The second-order valence-electron chi connectivity index (χ2n) is 10.0. The van der Waals surface area contributed by atoms with Crippen molar-refractivity contribution in [3.63, 3.8) is 0 Å². The van der Waals surface area contributed by atoms with Crippen LogP contribution in [0.15, 0.2) is 0 Å². The Hall–Kier alpha value is -0.510. The van der Waals surface area contributed by atoms with Crippen molar-refractivity contribution in [2.24, 2.45) is 22.7 Å². The minimum absolute atomic E-state index is 0.0622. The van der Waals surface area contributed by atoms with E-state index in [1.807, 2.05) is 4.90 Å². The molecule has 1 aliphatic heterocycles. The molecule has 1 atom stereocenters. The number of likely N-dealkylation sites (tertiary alicyclic amines) is 1. The van der Waals surface area contributed by atoms with Crippen molar-refractivity contribution < 1.29 is 9.59 Å². The molecule has 1 amide bonds. The highest BCUT2D eigenvalue weighted by Crippen LogP contribution is 2.40. The Balaban J connectivity index is 1.84. The van der Waals surface area contributed by atoms with Crippen LogP contribution in [0.5, 0.6) is 0 Å². The molecule has 2 fully saturated rings. The van der Waals surface area contributed by atoms with Gasteiger partial charge in [-0.15, -0.1) is 11.8 Å². The van der Waals surface area contributed by atoms with E-state index in [0.29, 0.717) is 17.9 Å². The van der Waals surface area contributed by atoms with E-state index < -0.39 is 5.25 Å². The summed E-state index contributed by atoms with van der Waals surface area (Å²) in [6.07, 6.45) is 4.90. The van der Waals surface area contributed by atoms with E-state index in [2.05, 4.69) is 41.5 Å². The first-order valence-electron chi connectivity index (χ1n) is 9.40. The van der Waals surface area contributed by atoms with Gasteiger partial charge in [0.15, 0.2) is 5.78 Å². The van der Waals surface area contributed by atoms with Gasteiger partial charge in [-0.1, -0.05) is 41.5 Å². The molecule has 0 spiro atoms. The van der Waals surface area contributed by atoms with Crippen molar-refractivity contribution in [2.45, 2.75) is 72.5 Å². The Bertz CT molecular complexity index is 467. The molecular weight excluding hydrogens is 318 g/mol. The molecule has 1 saturated heterocycles. The SMILES string of the molecule is CC(C)(C)CSC1C(=O)CN(CC2CCC(C(C)(C)C)CC2)C1=O. The van der Waals surface area contributed by atoms with Gasteiger partial charge < -0.3 is 4.90 Å². The molecule has 1 unspecified atom stereocenters. The molecule has 1 heterocycles. The van der Waals surface area contributed by atoms with Gasteiger partial charge in [0, 0.05) is 6.54 Å². The molecular formula is C20H35NO2S. The summed E-state index contributed by atoms with van der Waals surface area (Å²) in [5.41, 5.74) is 0.531. The molecule has 0 bridgehead atoms. The number of carbonyl (C=O) groups is 2. The lowest BCUT2D eigenvalue weighted by Crippen LogP contribution is -2.36. The quantitative estimate of drug-likeness (QED) is 0.703. The first kappa shape index (κ1) is 19.8. The first-order chi connectivity index (χ1) is 11.0. The average Bonchev–Trinajstić information content (AvgIpc) is 2.70. The number of carbonyl (C=O) groups excluding carboxylic acids is 2. The minimum Gasteiger partial charge on any atom is -0.334 e. The van der Waals surface area contributed by atoms with Gasteiger partial charge in [0.2, 0.25) is 5.91 Å². The van der Waals surface area contributed by atoms with Crippen molar-refractivity contribution >= 4 is 23.5 Å². The molecule has 1 saturated carbocycles. The molecule has 3 nitrogen and oxygen atoms in total. The van der Waals surface area contributed by atoms with E-state index in [9.17, 15) is 9.59 Å². The maximum Gasteiger partial charge on any atom is 0.243 e. The number of Topliss-reactive ketones (excluding diaryl/α,β-unsaturated/α-hetero) is 1. The summed E-state index contributed by atoms with van der Waals surface area (Å²) in [5, 5.41) is -0.449. The number of hydrogen-bond acceptors (Lipinski definition) is 3. The van der Waals surface area contributed by atoms with Gasteiger partial charge in [-0.3, -0.25) is 9.59 Å². The van der Waals surface area contributed by atoms with Crippen LogP contribution in [-0.2, 0) is 9.59 Å². The number of rotatable bonds is 4. The Morgan fingerprint density at radius 1 is 1.00 bits per heavy atom. The summed E-state index contributed by atoms with van der Waals surface area (Å²) >= 11 is 1.54. The second kappa shape index (κ2) is 7.39. The van der Waals surface area contributed by atoms with Gasteiger partial charge in [-0.25, -0.2) is 0 Å². The van der Waals surface area contributed by atoms with E-state index >= 15 is 0 Å². The largest absolute Gasteiger partial charge is 0.334 e. The van der Waals surface area contributed by atoms with Crippen molar-refractivity contribution in [3.8, 4) is 0 Å². The van der Waals surface area contributed by atoms with Crippen LogP contribution >= 0.6 is 11.8 Å². The van der Waals surface area contributed by atoms with Crippen LogP contribution in [0.4, 0.5) is 0 Å². The fraction of sp³-hybridized carbons (Fsp3) is 0.900. The van der Waals surface area contributed by atoms with Crippen molar-refractivity contribution in [3.05, 3.63) is 0 Å². The second-order valence-corrected chi connectivity index (χ2v) is 11.1. The number of hydrogen-bond donors (Lipinski definition) is 0. The summed E-state index contributed by atoms with van der Waals surface area (Å²) < 4.78 is 0. The Morgan fingerprint density at radius 3 is 2.08 bits per heavy atom. The predicted octanol–water partition coefficient (Wildman–Crippen LogP) is 4.40. The molecule has 1 aliphatic carbocycles. The van der Waals surface area contributed by atoms with Gasteiger partial charge >= 0.3 is 0 Å². The van der Waals surface area contributed by atoms with Crippen LogP contribution in [0, 0.1) is 22.7 Å². The lowest BCUT2D eigenvalue weighted by molar-refractivity contribution is -0.128. The number of nitrogens with zero attached hydrogens (tertiary/aromatic N) is 1. The van der Waals surface area contributed by atoms with E-state index in [0.717, 1.165) is 18.2 Å². The van der Waals surface area contributed by atoms with Crippen molar-refractivity contribution in [1.29, 1.82) is 0 Å². The van der Waals surface area contributed by atoms with Gasteiger partial charge in [-0.05, 0) is 54.1 Å². The fourth-order valence-electron chi connectivity index (χ4n) is 3.83. The van der Waals surface area contributed by atoms with Crippen LogP contribution in [0.2, 0.25) is 0 Å². The number of amides is 1. The average molecular weight is 354 g/mol. The first-order valence-corrected chi connectivity index (χ1v) is 10.5. The Morgan fingerprint density at radius 2 is 1.58 bits per heavy atom. The molecule has 0 aromatic rings. The third-order valence-electron chi connectivity index (χ3n) is 5.41. The highest BCUT2D eigenvalue weighted by Gasteiger charge is 2.41. The van der Waals surface area contributed by atoms with E-state index in [1.165, 1.54) is 37.4 Å². The highest BCUT2D eigenvalue weighted by atomic mass is 32.2. The van der Waals surface area contributed by atoms with Crippen molar-refractivity contribution in [2.75, 3.05) is 18.8 Å². The normalized spacial score (nSPS) is 29.4. The lowest BCUT2D eigenvalue weighted by atomic mass is 9.70. The molecule has 2 aliphatic rings. The summed E-state index contributed by atoms with van der Waals surface area (Å²) in [7, 11) is 0. The van der Waals surface area contributed by atoms with E-state index in [4.69, 9.17) is 0 Å². The molecule has 138 valence electrons. The zero-order chi connectivity index (χ0) is 18.1. The Labute approximate surface area is 152 Å². The van der Waals surface area contributed by atoms with E-state index in [1.54, 1.807) is 0 Å². The Kier molecular flexibility index (Phi) is 6.10.